The maximum Gasteiger partial charge on any atom is 0.0919 e. The fourth-order valence-corrected chi connectivity index (χ4v) is 4.12. The van der Waals surface area contributed by atoms with Gasteiger partial charge in [-0.15, -0.1) is 11.3 Å². The van der Waals surface area contributed by atoms with Crippen LogP contribution < -0.4 is 0 Å². The van der Waals surface area contributed by atoms with E-state index >= 15 is 0 Å². The summed E-state index contributed by atoms with van der Waals surface area (Å²) < 4.78 is 7.13. The van der Waals surface area contributed by atoms with Crippen molar-refractivity contribution in [2.75, 3.05) is 7.11 Å². The molecule has 0 aliphatic rings. The van der Waals surface area contributed by atoms with Crippen LogP contribution in [-0.4, -0.2) is 7.11 Å². The molecule has 108 valence electrons. The molecule has 21 heavy (non-hydrogen) atoms. The molecule has 0 spiro atoms. The van der Waals surface area contributed by atoms with E-state index in [1.165, 1.54) is 26.1 Å². The SMILES string of the molecule is COC(CCc1ccccc1)c1sc2ccccc2c1C. The maximum atomic E-state index is 5.78. The van der Waals surface area contributed by atoms with Crippen LogP contribution in [0.4, 0.5) is 0 Å². The minimum Gasteiger partial charge on any atom is -0.376 e. The fourth-order valence-electron chi connectivity index (χ4n) is 2.80. The van der Waals surface area contributed by atoms with Crippen LogP contribution >= 0.6 is 11.3 Å². The van der Waals surface area contributed by atoms with Gasteiger partial charge in [-0.1, -0.05) is 48.5 Å². The Hall–Kier alpha value is -1.64. The lowest BCUT2D eigenvalue weighted by atomic mass is 10.0. The maximum absolute atomic E-state index is 5.78. The predicted molar refractivity (Wildman–Crippen MR) is 91.1 cm³/mol. The minimum atomic E-state index is 0.183. The van der Waals surface area contributed by atoms with Gasteiger partial charge in [-0.3, -0.25) is 0 Å². The minimum absolute atomic E-state index is 0.183. The Morgan fingerprint density at radius 3 is 2.43 bits per heavy atom. The molecule has 0 saturated carbocycles. The zero-order valence-corrected chi connectivity index (χ0v) is 13.3. The van der Waals surface area contributed by atoms with Gasteiger partial charge >= 0.3 is 0 Å². The zero-order chi connectivity index (χ0) is 14.7. The van der Waals surface area contributed by atoms with Crippen LogP contribution in [0.25, 0.3) is 10.1 Å². The molecule has 3 aromatic rings. The molecular weight excluding hydrogens is 276 g/mol. The Morgan fingerprint density at radius 1 is 1.00 bits per heavy atom. The molecule has 0 bridgehead atoms. The van der Waals surface area contributed by atoms with Crippen LogP contribution in [-0.2, 0) is 11.2 Å². The van der Waals surface area contributed by atoms with E-state index in [1.807, 2.05) is 18.4 Å². The van der Waals surface area contributed by atoms with Crippen molar-refractivity contribution >= 4 is 21.4 Å². The van der Waals surface area contributed by atoms with Crippen molar-refractivity contribution in [2.45, 2.75) is 25.9 Å². The van der Waals surface area contributed by atoms with E-state index in [9.17, 15) is 0 Å². The van der Waals surface area contributed by atoms with Gasteiger partial charge in [0, 0.05) is 16.7 Å². The summed E-state index contributed by atoms with van der Waals surface area (Å²) in [6.07, 6.45) is 2.25. The van der Waals surface area contributed by atoms with Crippen molar-refractivity contribution in [1.29, 1.82) is 0 Å². The second-order valence-corrected chi connectivity index (χ2v) is 6.42. The normalized spacial score (nSPS) is 12.7. The summed E-state index contributed by atoms with van der Waals surface area (Å²) in [6, 6.07) is 19.2. The van der Waals surface area contributed by atoms with Gasteiger partial charge in [0.1, 0.15) is 0 Å². The zero-order valence-electron chi connectivity index (χ0n) is 12.5. The summed E-state index contributed by atoms with van der Waals surface area (Å²) in [5, 5.41) is 1.36. The van der Waals surface area contributed by atoms with Crippen molar-refractivity contribution in [2.24, 2.45) is 0 Å². The van der Waals surface area contributed by atoms with Crippen molar-refractivity contribution < 1.29 is 4.74 Å². The highest BCUT2D eigenvalue weighted by molar-refractivity contribution is 7.19. The first-order valence-electron chi connectivity index (χ1n) is 7.34. The lowest BCUT2D eigenvalue weighted by Gasteiger charge is -2.15. The van der Waals surface area contributed by atoms with Crippen LogP contribution in [0.1, 0.15) is 28.5 Å². The number of hydrogen-bond acceptors (Lipinski definition) is 2. The molecule has 2 heteroatoms. The molecular formula is C19H20OS. The van der Waals surface area contributed by atoms with Gasteiger partial charge < -0.3 is 4.74 Å². The van der Waals surface area contributed by atoms with E-state index in [4.69, 9.17) is 4.74 Å². The van der Waals surface area contributed by atoms with Crippen molar-refractivity contribution in [1.82, 2.24) is 0 Å². The Bertz CT molecular complexity index is 715. The fraction of sp³-hybridized carbons (Fsp3) is 0.263. The lowest BCUT2D eigenvalue weighted by molar-refractivity contribution is 0.0984. The molecule has 1 atom stereocenters. The van der Waals surface area contributed by atoms with Gasteiger partial charge in [0.15, 0.2) is 0 Å². The van der Waals surface area contributed by atoms with E-state index < -0.39 is 0 Å². The van der Waals surface area contributed by atoms with E-state index in [2.05, 4.69) is 61.5 Å². The number of fused-ring (bicyclic) bond motifs is 1. The number of methoxy groups -OCH3 is 1. The highest BCUT2D eigenvalue weighted by Gasteiger charge is 2.17. The van der Waals surface area contributed by atoms with Crippen LogP contribution in [0.2, 0.25) is 0 Å². The Labute approximate surface area is 130 Å². The standard InChI is InChI=1S/C19H20OS/c1-14-16-10-6-7-11-18(16)21-19(14)17(20-2)13-12-15-8-4-3-5-9-15/h3-11,17H,12-13H2,1-2H3. The molecule has 1 heterocycles. The Kier molecular flexibility index (Phi) is 4.37. The molecule has 0 saturated heterocycles. The monoisotopic (exact) mass is 296 g/mol. The van der Waals surface area contributed by atoms with E-state index in [-0.39, 0.29) is 6.10 Å². The number of thiophene rings is 1. The van der Waals surface area contributed by atoms with Crippen molar-refractivity contribution in [3.8, 4) is 0 Å². The summed E-state index contributed by atoms with van der Waals surface area (Å²) in [4.78, 5) is 1.37. The van der Waals surface area contributed by atoms with Crippen molar-refractivity contribution in [3.63, 3.8) is 0 Å². The smallest absolute Gasteiger partial charge is 0.0919 e. The third-order valence-corrected chi connectivity index (χ3v) is 5.36. The summed E-state index contributed by atoms with van der Waals surface area (Å²) in [5.74, 6) is 0. The molecule has 1 aromatic heterocycles. The first-order valence-corrected chi connectivity index (χ1v) is 8.16. The van der Waals surface area contributed by atoms with Crippen LogP contribution in [0.3, 0.4) is 0 Å². The van der Waals surface area contributed by atoms with Gasteiger partial charge in [-0.2, -0.15) is 0 Å². The first kappa shape index (κ1) is 14.3. The Morgan fingerprint density at radius 2 is 1.71 bits per heavy atom. The topological polar surface area (TPSA) is 9.23 Å². The average molecular weight is 296 g/mol. The number of ether oxygens (including phenoxy) is 1. The predicted octanol–water partition coefficient (Wildman–Crippen LogP) is 5.53. The molecule has 1 unspecified atom stereocenters. The van der Waals surface area contributed by atoms with E-state index in [0.717, 1.165) is 12.8 Å². The molecule has 3 rings (SSSR count). The molecule has 0 aliphatic heterocycles. The number of hydrogen-bond donors (Lipinski definition) is 0. The number of rotatable bonds is 5. The third-order valence-electron chi connectivity index (χ3n) is 4.00. The second kappa shape index (κ2) is 6.42. The van der Waals surface area contributed by atoms with Gasteiger partial charge in [0.25, 0.3) is 0 Å². The molecule has 2 aromatic carbocycles. The van der Waals surface area contributed by atoms with Crippen LogP contribution in [0.5, 0.6) is 0 Å². The summed E-state index contributed by atoms with van der Waals surface area (Å²) in [6.45, 7) is 2.21. The highest BCUT2D eigenvalue weighted by Crippen LogP contribution is 2.37. The van der Waals surface area contributed by atoms with Gasteiger partial charge in [-0.25, -0.2) is 0 Å². The molecule has 0 fully saturated rings. The lowest BCUT2D eigenvalue weighted by Crippen LogP contribution is -2.02. The third kappa shape index (κ3) is 3.02. The van der Waals surface area contributed by atoms with E-state index in [0.29, 0.717) is 0 Å². The van der Waals surface area contributed by atoms with E-state index in [1.54, 1.807) is 0 Å². The number of benzene rings is 2. The number of aryl methyl sites for hydroxylation is 2. The first-order chi connectivity index (χ1) is 10.3. The summed E-state index contributed by atoms with van der Waals surface area (Å²) >= 11 is 1.87. The molecule has 1 nitrogen and oxygen atoms in total. The van der Waals surface area contributed by atoms with Gasteiger partial charge in [0.05, 0.1) is 6.10 Å². The molecule has 0 amide bonds. The van der Waals surface area contributed by atoms with Crippen LogP contribution in [0, 0.1) is 6.92 Å². The molecule has 0 radical (unpaired) electrons. The average Bonchev–Trinajstić information content (AvgIpc) is 2.87. The van der Waals surface area contributed by atoms with Crippen molar-refractivity contribution in [3.05, 3.63) is 70.6 Å². The van der Waals surface area contributed by atoms with Gasteiger partial charge in [0.2, 0.25) is 0 Å². The van der Waals surface area contributed by atoms with Gasteiger partial charge in [-0.05, 0) is 42.3 Å². The largest absolute Gasteiger partial charge is 0.376 e. The summed E-state index contributed by atoms with van der Waals surface area (Å²) in [7, 11) is 1.82. The molecule has 0 N–H and O–H groups in total. The quantitative estimate of drug-likeness (QED) is 0.601. The van der Waals surface area contributed by atoms with Crippen LogP contribution in [0.15, 0.2) is 54.6 Å². The molecule has 0 aliphatic carbocycles. The Balaban J connectivity index is 1.83. The summed E-state index contributed by atoms with van der Waals surface area (Å²) in [5.41, 5.74) is 2.74. The highest BCUT2D eigenvalue weighted by atomic mass is 32.1. The second-order valence-electron chi connectivity index (χ2n) is 5.34.